The lowest BCUT2D eigenvalue weighted by molar-refractivity contribution is -0.659. The standard InChI is InChI=1S/C31H38N/c1-23-8-6-7-11-30(23)31-21-20-29(22-32(31)2)28-18-16-27(17-19-28)26-14-12-25(13-15-26)24-9-4-3-5-10-24/h6-8,11,16-22,24-26H,3-5,9-10,12-15H2,1-2H3/q+1. The Morgan fingerprint density at radius 1 is 0.656 bits per heavy atom. The quantitative estimate of drug-likeness (QED) is 0.373. The fourth-order valence-corrected chi connectivity index (χ4v) is 6.40. The van der Waals surface area contributed by atoms with Crippen LogP contribution in [0.4, 0.5) is 0 Å². The lowest BCUT2D eigenvalue weighted by Gasteiger charge is -2.36. The summed E-state index contributed by atoms with van der Waals surface area (Å²) >= 11 is 0. The van der Waals surface area contributed by atoms with Gasteiger partial charge in [0.05, 0.1) is 0 Å². The van der Waals surface area contributed by atoms with Gasteiger partial charge in [0, 0.05) is 17.2 Å². The minimum absolute atomic E-state index is 0.767. The molecule has 1 heterocycles. The third-order valence-corrected chi connectivity index (χ3v) is 8.36. The van der Waals surface area contributed by atoms with Gasteiger partial charge < -0.3 is 0 Å². The van der Waals surface area contributed by atoms with Crippen molar-refractivity contribution < 1.29 is 4.57 Å². The molecule has 1 nitrogen and oxygen atoms in total. The Morgan fingerprint density at radius 2 is 1.31 bits per heavy atom. The average Bonchev–Trinajstić information content (AvgIpc) is 2.85. The fraction of sp³-hybridized carbons (Fsp3) is 0.452. The molecule has 0 unspecified atom stereocenters. The molecule has 5 rings (SSSR count). The van der Waals surface area contributed by atoms with Gasteiger partial charge in [0.15, 0.2) is 6.20 Å². The van der Waals surface area contributed by atoms with Crippen LogP contribution in [-0.4, -0.2) is 0 Å². The Labute approximate surface area is 194 Å². The molecule has 1 heteroatoms. The zero-order valence-corrected chi connectivity index (χ0v) is 19.9. The normalized spacial score (nSPS) is 22.1. The summed E-state index contributed by atoms with van der Waals surface area (Å²) in [5, 5.41) is 0. The van der Waals surface area contributed by atoms with Gasteiger partial charge in [0.25, 0.3) is 0 Å². The average molecular weight is 425 g/mol. The van der Waals surface area contributed by atoms with Gasteiger partial charge >= 0.3 is 0 Å². The Morgan fingerprint density at radius 3 is 2.00 bits per heavy atom. The van der Waals surface area contributed by atoms with Gasteiger partial charge in [-0.3, -0.25) is 0 Å². The summed E-state index contributed by atoms with van der Waals surface area (Å²) in [5.74, 6) is 2.82. The van der Waals surface area contributed by atoms with Crippen LogP contribution in [0.2, 0.25) is 0 Å². The third-order valence-electron chi connectivity index (χ3n) is 8.36. The maximum absolute atomic E-state index is 2.40. The molecule has 0 radical (unpaired) electrons. The van der Waals surface area contributed by atoms with Crippen molar-refractivity contribution in [3.05, 3.63) is 78.0 Å². The van der Waals surface area contributed by atoms with Crippen molar-refractivity contribution >= 4 is 0 Å². The molecule has 1 aromatic heterocycles. The van der Waals surface area contributed by atoms with Crippen LogP contribution in [0.25, 0.3) is 22.4 Å². The van der Waals surface area contributed by atoms with Gasteiger partial charge in [0.1, 0.15) is 7.05 Å². The van der Waals surface area contributed by atoms with Crippen LogP contribution in [0.3, 0.4) is 0 Å². The first-order chi connectivity index (χ1) is 15.7. The first-order valence-corrected chi connectivity index (χ1v) is 12.8. The van der Waals surface area contributed by atoms with Gasteiger partial charge in [-0.05, 0) is 79.2 Å². The molecule has 0 spiro atoms. The Balaban J connectivity index is 1.26. The molecule has 32 heavy (non-hydrogen) atoms. The van der Waals surface area contributed by atoms with E-state index in [0.717, 1.165) is 17.8 Å². The van der Waals surface area contributed by atoms with Gasteiger partial charge in [0.2, 0.25) is 5.69 Å². The highest BCUT2D eigenvalue weighted by molar-refractivity contribution is 5.66. The van der Waals surface area contributed by atoms with E-state index in [4.69, 9.17) is 0 Å². The van der Waals surface area contributed by atoms with Crippen LogP contribution in [-0.2, 0) is 7.05 Å². The molecule has 0 N–H and O–H groups in total. The van der Waals surface area contributed by atoms with Crippen LogP contribution < -0.4 is 4.57 Å². The van der Waals surface area contributed by atoms with E-state index in [0.29, 0.717) is 0 Å². The maximum atomic E-state index is 2.40. The van der Waals surface area contributed by atoms with E-state index < -0.39 is 0 Å². The number of nitrogens with zero attached hydrogens (tertiary/aromatic N) is 1. The van der Waals surface area contributed by atoms with Crippen LogP contribution in [0.5, 0.6) is 0 Å². The maximum Gasteiger partial charge on any atom is 0.212 e. The second-order valence-electron chi connectivity index (χ2n) is 10.4. The second kappa shape index (κ2) is 9.61. The Hall–Kier alpha value is -2.41. The fourth-order valence-electron chi connectivity index (χ4n) is 6.40. The first-order valence-electron chi connectivity index (χ1n) is 12.8. The van der Waals surface area contributed by atoms with E-state index in [2.05, 4.69) is 85.4 Å². The smallest absolute Gasteiger partial charge is 0.200 e. The topological polar surface area (TPSA) is 3.88 Å². The van der Waals surface area contributed by atoms with Gasteiger partial charge in [-0.1, -0.05) is 74.6 Å². The van der Waals surface area contributed by atoms with Gasteiger partial charge in [-0.15, -0.1) is 0 Å². The van der Waals surface area contributed by atoms with Crippen molar-refractivity contribution in [1.29, 1.82) is 0 Å². The summed E-state index contributed by atoms with van der Waals surface area (Å²) in [7, 11) is 2.16. The summed E-state index contributed by atoms with van der Waals surface area (Å²) in [4.78, 5) is 0. The van der Waals surface area contributed by atoms with Gasteiger partial charge in [-0.25, -0.2) is 4.57 Å². The molecule has 0 atom stereocenters. The second-order valence-corrected chi connectivity index (χ2v) is 10.4. The monoisotopic (exact) mass is 424 g/mol. The molecule has 2 aliphatic carbocycles. The van der Waals surface area contributed by atoms with E-state index in [1.165, 1.54) is 85.7 Å². The predicted molar refractivity (Wildman–Crippen MR) is 135 cm³/mol. The zero-order valence-electron chi connectivity index (χ0n) is 19.9. The Bertz CT molecular complexity index is 1030. The zero-order chi connectivity index (χ0) is 21.9. The molecular weight excluding hydrogens is 386 g/mol. The first kappa shape index (κ1) is 21.4. The molecular formula is C31H38N+. The van der Waals surface area contributed by atoms with Crippen LogP contribution in [0, 0.1) is 18.8 Å². The molecule has 0 aliphatic heterocycles. The van der Waals surface area contributed by atoms with Crippen molar-refractivity contribution in [1.82, 2.24) is 0 Å². The number of pyridine rings is 1. The summed E-state index contributed by atoms with van der Waals surface area (Å²) in [6.07, 6.45) is 15.4. The number of hydrogen-bond acceptors (Lipinski definition) is 0. The summed E-state index contributed by atoms with van der Waals surface area (Å²) < 4.78 is 2.26. The highest BCUT2D eigenvalue weighted by atomic mass is 14.9. The largest absolute Gasteiger partial charge is 0.212 e. The lowest BCUT2D eigenvalue weighted by atomic mass is 9.70. The predicted octanol–water partition coefficient (Wildman–Crippen LogP) is 8.01. The van der Waals surface area contributed by atoms with Crippen LogP contribution in [0.15, 0.2) is 66.9 Å². The van der Waals surface area contributed by atoms with Crippen molar-refractivity contribution in [2.24, 2.45) is 18.9 Å². The van der Waals surface area contributed by atoms with E-state index in [9.17, 15) is 0 Å². The van der Waals surface area contributed by atoms with Crippen LogP contribution >= 0.6 is 0 Å². The number of aromatic nitrogens is 1. The molecule has 2 fully saturated rings. The molecule has 2 saturated carbocycles. The molecule has 3 aromatic rings. The number of benzene rings is 2. The van der Waals surface area contributed by atoms with E-state index >= 15 is 0 Å². The Kier molecular flexibility index (Phi) is 6.44. The van der Waals surface area contributed by atoms with E-state index in [1.54, 1.807) is 5.56 Å². The van der Waals surface area contributed by atoms with E-state index in [-0.39, 0.29) is 0 Å². The summed E-state index contributed by atoms with van der Waals surface area (Å²) in [6, 6.07) is 22.6. The molecule has 0 amide bonds. The molecule has 0 bridgehead atoms. The van der Waals surface area contributed by atoms with Crippen LogP contribution in [0.1, 0.15) is 74.8 Å². The minimum Gasteiger partial charge on any atom is -0.200 e. The van der Waals surface area contributed by atoms with E-state index in [1.807, 2.05) is 0 Å². The summed E-state index contributed by atoms with van der Waals surface area (Å²) in [5.41, 5.74) is 8.04. The minimum atomic E-state index is 0.767. The molecule has 2 aromatic carbocycles. The van der Waals surface area contributed by atoms with Crippen molar-refractivity contribution in [2.75, 3.05) is 0 Å². The molecule has 2 aliphatic rings. The SMILES string of the molecule is Cc1ccccc1-c1ccc(-c2ccc(C3CCC(C4CCCCC4)CC3)cc2)c[n+]1C. The highest BCUT2D eigenvalue weighted by Gasteiger charge is 2.29. The van der Waals surface area contributed by atoms with Crippen molar-refractivity contribution in [2.45, 2.75) is 70.6 Å². The van der Waals surface area contributed by atoms with Crippen molar-refractivity contribution in [3.8, 4) is 22.4 Å². The lowest BCUT2D eigenvalue weighted by Crippen LogP contribution is -2.30. The molecule has 0 saturated heterocycles. The summed E-state index contributed by atoms with van der Waals surface area (Å²) in [6.45, 7) is 2.19. The number of aryl methyl sites for hydroxylation is 2. The van der Waals surface area contributed by atoms with Gasteiger partial charge in [-0.2, -0.15) is 0 Å². The highest BCUT2D eigenvalue weighted by Crippen LogP contribution is 2.43. The third kappa shape index (κ3) is 4.53. The number of hydrogen-bond donors (Lipinski definition) is 0. The molecule has 166 valence electrons. The van der Waals surface area contributed by atoms with Crippen molar-refractivity contribution in [3.63, 3.8) is 0 Å². The number of rotatable bonds is 4.